The van der Waals surface area contributed by atoms with Crippen LogP contribution in [-0.2, 0) is 14.3 Å². The number of urea groups is 1. The molecule has 0 fully saturated rings. The van der Waals surface area contributed by atoms with Crippen molar-refractivity contribution in [3.63, 3.8) is 0 Å². The SMILES string of the molecule is CN(C)C(=O)NC(=O)COCC(=O)O. The molecule has 0 saturated heterocycles. The Morgan fingerprint density at radius 2 is 1.86 bits per heavy atom. The van der Waals surface area contributed by atoms with Crippen LogP contribution >= 0.6 is 0 Å². The standard InChI is InChI=1S/C7H12N2O5/c1-9(2)7(13)8-5(10)3-14-4-6(11)12/h3-4H2,1-2H3,(H,11,12)(H,8,10,13). The van der Waals surface area contributed by atoms with Crippen molar-refractivity contribution in [2.45, 2.75) is 0 Å². The van der Waals surface area contributed by atoms with Crippen LogP contribution in [0.1, 0.15) is 0 Å². The largest absolute Gasteiger partial charge is 0.480 e. The third-order valence-electron chi connectivity index (χ3n) is 1.11. The highest BCUT2D eigenvalue weighted by molar-refractivity contribution is 5.94. The molecule has 0 rings (SSSR count). The number of carboxylic acids is 1. The molecule has 0 aromatic rings. The second-order valence-corrected chi connectivity index (χ2v) is 2.63. The number of carbonyl (C=O) groups excluding carboxylic acids is 2. The van der Waals surface area contributed by atoms with Gasteiger partial charge < -0.3 is 14.7 Å². The third kappa shape index (κ3) is 5.95. The number of nitrogens with zero attached hydrogens (tertiary/aromatic N) is 1. The molecule has 0 unspecified atom stereocenters. The molecule has 0 spiro atoms. The van der Waals surface area contributed by atoms with Crippen LogP contribution in [0.2, 0.25) is 0 Å². The van der Waals surface area contributed by atoms with Gasteiger partial charge in [0.05, 0.1) is 0 Å². The highest BCUT2D eigenvalue weighted by Crippen LogP contribution is 1.79. The fraction of sp³-hybridized carbons (Fsp3) is 0.571. The molecule has 0 atom stereocenters. The van der Waals surface area contributed by atoms with Crippen LogP contribution in [-0.4, -0.2) is 55.2 Å². The summed E-state index contributed by atoms with van der Waals surface area (Å²) in [6.07, 6.45) is 0. The summed E-state index contributed by atoms with van der Waals surface area (Å²) in [4.78, 5) is 32.9. The van der Waals surface area contributed by atoms with Crippen molar-refractivity contribution in [1.82, 2.24) is 10.2 Å². The molecular formula is C7H12N2O5. The van der Waals surface area contributed by atoms with Crippen molar-refractivity contribution in [1.29, 1.82) is 0 Å². The Hall–Kier alpha value is -1.63. The van der Waals surface area contributed by atoms with E-state index in [1.807, 2.05) is 5.32 Å². The highest BCUT2D eigenvalue weighted by atomic mass is 16.5. The van der Waals surface area contributed by atoms with E-state index in [2.05, 4.69) is 4.74 Å². The number of amides is 3. The normalized spacial score (nSPS) is 9.29. The van der Waals surface area contributed by atoms with Crippen LogP contribution in [0.3, 0.4) is 0 Å². The van der Waals surface area contributed by atoms with Crippen LogP contribution in [0.5, 0.6) is 0 Å². The maximum Gasteiger partial charge on any atom is 0.329 e. The van der Waals surface area contributed by atoms with Crippen LogP contribution in [0.15, 0.2) is 0 Å². The Morgan fingerprint density at radius 1 is 1.29 bits per heavy atom. The van der Waals surface area contributed by atoms with Gasteiger partial charge in [0.15, 0.2) is 0 Å². The first-order valence-electron chi connectivity index (χ1n) is 3.74. The fourth-order valence-electron chi connectivity index (χ4n) is 0.498. The van der Waals surface area contributed by atoms with Gasteiger partial charge in [0, 0.05) is 14.1 Å². The van der Waals surface area contributed by atoms with Gasteiger partial charge in [0.25, 0.3) is 5.91 Å². The molecule has 3 amide bonds. The van der Waals surface area contributed by atoms with E-state index in [1.54, 1.807) is 0 Å². The zero-order valence-electron chi connectivity index (χ0n) is 7.94. The topological polar surface area (TPSA) is 95.9 Å². The van der Waals surface area contributed by atoms with Crippen LogP contribution in [0, 0.1) is 0 Å². The number of ether oxygens (including phenoxy) is 1. The Kier molecular flexibility index (Phi) is 5.23. The summed E-state index contributed by atoms with van der Waals surface area (Å²) in [5.41, 5.74) is 0. The van der Waals surface area contributed by atoms with Gasteiger partial charge in [-0.3, -0.25) is 10.1 Å². The number of hydrogen-bond donors (Lipinski definition) is 2. The van der Waals surface area contributed by atoms with Crippen LogP contribution in [0.25, 0.3) is 0 Å². The van der Waals surface area contributed by atoms with E-state index in [9.17, 15) is 14.4 Å². The third-order valence-corrected chi connectivity index (χ3v) is 1.11. The molecule has 0 aromatic heterocycles. The molecule has 7 heteroatoms. The predicted octanol–water partition coefficient (Wildman–Crippen LogP) is -1.11. The van der Waals surface area contributed by atoms with Crippen molar-refractivity contribution in [2.75, 3.05) is 27.3 Å². The van der Waals surface area contributed by atoms with E-state index in [0.717, 1.165) is 0 Å². The fourth-order valence-corrected chi connectivity index (χ4v) is 0.498. The monoisotopic (exact) mass is 204 g/mol. The first-order valence-corrected chi connectivity index (χ1v) is 3.74. The lowest BCUT2D eigenvalue weighted by Gasteiger charge is -2.10. The van der Waals surface area contributed by atoms with E-state index in [4.69, 9.17) is 5.11 Å². The zero-order chi connectivity index (χ0) is 11.1. The minimum absolute atomic E-state index is 0.453. The molecule has 2 N–H and O–H groups in total. The lowest BCUT2D eigenvalue weighted by molar-refractivity contribution is -0.143. The molecule has 0 heterocycles. The average molecular weight is 204 g/mol. The van der Waals surface area contributed by atoms with Gasteiger partial charge in [0.2, 0.25) is 0 Å². The Balaban J connectivity index is 3.66. The Morgan fingerprint density at radius 3 is 2.29 bits per heavy atom. The van der Waals surface area contributed by atoms with Crippen LogP contribution < -0.4 is 5.32 Å². The summed E-state index contributed by atoms with van der Waals surface area (Å²) >= 11 is 0. The second kappa shape index (κ2) is 5.92. The van der Waals surface area contributed by atoms with Crippen molar-refractivity contribution in [2.24, 2.45) is 0 Å². The number of aliphatic carboxylic acids is 1. The molecule has 80 valence electrons. The molecule has 0 saturated carbocycles. The number of imide groups is 1. The molecule has 0 aromatic carbocycles. The van der Waals surface area contributed by atoms with Crippen molar-refractivity contribution < 1.29 is 24.2 Å². The summed E-state index contributed by atoms with van der Waals surface area (Å²) in [7, 11) is 2.95. The summed E-state index contributed by atoms with van der Waals surface area (Å²) in [6, 6.07) is -0.575. The summed E-state index contributed by atoms with van der Waals surface area (Å²) in [5, 5.41) is 10.1. The van der Waals surface area contributed by atoms with Gasteiger partial charge >= 0.3 is 12.0 Å². The maximum atomic E-state index is 10.9. The average Bonchev–Trinajstić information content (AvgIpc) is 2.02. The zero-order valence-corrected chi connectivity index (χ0v) is 7.94. The molecule has 0 aliphatic rings. The first kappa shape index (κ1) is 12.4. The van der Waals surface area contributed by atoms with Gasteiger partial charge in [-0.2, -0.15) is 0 Å². The quantitative estimate of drug-likeness (QED) is 0.605. The molecular weight excluding hydrogens is 192 g/mol. The number of carboxylic acid groups (broad SMARTS) is 1. The number of hydrogen-bond acceptors (Lipinski definition) is 4. The number of carbonyl (C=O) groups is 3. The lowest BCUT2D eigenvalue weighted by atomic mass is 10.6. The van der Waals surface area contributed by atoms with Gasteiger partial charge in [-0.15, -0.1) is 0 Å². The summed E-state index contributed by atoms with van der Waals surface area (Å²) < 4.78 is 4.46. The molecule has 0 bridgehead atoms. The van der Waals surface area contributed by atoms with Gasteiger partial charge in [0.1, 0.15) is 13.2 Å². The predicted molar refractivity (Wildman–Crippen MR) is 45.7 cm³/mol. The van der Waals surface area contributed by atoms with E-state index >= 15 is 0 Å². The van der Waals surface area contributed by atoms with Gasteiger partial charge in [-0.1, -0.05) is 0 Å². The first-order chi connectivity index (χ1) is 6.43. The van der Waals surface area contributed by atoms with E-state index in [-0.39, 0.29) is 0 Å². The van der Waals surface area contributed by atoms with Crippen molar-refractivity contribution in [3.05, 3.63) is 0 Å². The smallest absolute Gasteiger partial charge is 0.329 e. The second-order valence-electron chi connectivity index (χ2n) is 2.63. The van der Waals surface area contributed by atoms with E-state index in [0.29, 0.717) is 0 Å². The van der Waals surface area contributed by atoms with Gasteiger partial charge in [-0.05, 0) is 0 Å². The van der Waals surface area contributed by atoms with Crippen molar-refractivity contribution in [3.8, 4) is 0 Å². The number of rotatable bonds is 4. The molecule has 0 radical (unpaired) electrons. The van der Waals surface area contributed by atoms with Crippen molar-refractivity contribution >= 4 is 17.9 Å². The lowest BCUT2D eigenvalue weighted by Crippen LogP contribution is -2.40. The van der Waals surface area contributed by atoms with E-state index in [1.165, 1.54) is 19.0 Å². The minimum atomic E-state index is -1.17. The van der Waals surface area contributed by atoms with Gasteiger partial charge in [-0.25, -0.2) is 9.59 Å². The summed E-state index contributed by atoms with van der Waals surface area (Å²) in [5.74, 6) is -1.85. The van der Waals surface area contributed by atoms with Crippen LogP contribution in [0.4, 0.5) is 4.79 Å². The highest BCUT2D eigenvalue weighted by Gasteiger charge is 2.09. The molecule has 0 aliphatic heterocycles. The van der Waals surface area contributed by atoms with E-state index < -0.39 is 31.1 Å². The molecule has 0 aliphatic carbocycles. The molecule has 14 heavy (non-hydrogen) atoms. The summed E-state index contributed by atoms with van der Waals surface area (Å²) in [6.45, 7) is -1.02. The Bertz CT molecular complexity index is 238. The number of nitrogens with one attached hydrogen (secondary N) is 1. The minimum Gasteiger partial charge on any atom is -0.480 e. The Labute approximate surface area is 80.6 Å². The molecule has 7 nitrogen and oxygen atoms in total. The maximum absolute atomic E-state index is 10.9.